The molecule has 1 aromatic rings. The summed E-state index contributed by atoms with van der Waals surface area (Å²) in [6, 6.07) is 2.00. The van der Waals surface area contributed by atoms with Gasteiger partial charge in [-0.15, -0.1) is 0 Å². The normalized spacial score (nSPS) is 12.0. The number of anilines is 2. The van der Waals surface area contributed by atoms with Crippen molar-refractivity contribution in [2.45, 2.75) is 26.3 Å². The molecule has 0 amide bonds. The number of esters is 1. The van der Waals surface area contributed by atoms with Crippen molar-refractivity contribution in [3.05, 3.63) is 17.8 Å². The van der Waals surface area contributed by atoms with E-state index in [0.717, 1.165) is 6.42 Å². The third-order valence-electron chi connectivity index (χ3n) is 2.94. The van der Waals surface area contributed by atoms with Crippen molar-refractivity contribution in [2.24, 2.45) is 0 Å². The molecule has 2 N–H and O–H groups in total. The molecule has 0 radical (unpaired) electrons. The van der Waals surface area contributed by atoms with Gasteiger partial charge in [0, 0.05) is 13.1 Å². The van der Waals surface area contributed by atoms with E-state index in [0.29, 0.717) is 23.1 Å². The molecule has 0 aliphatic heterocycles. The maximum atomic E-state index is 11.5. The summed E-state index contributed by atoms with van der Waals surface area (Å²) in [4.78, 5) is 17.7. The predicted molar refractivity (Wildman–Crippen MR) is 68.1 cm³/mol. The molecule has 5 nitrogen and oxygen atoms in total. The molecule has 1 aromatic heterocycles. The van der Waals surface area contributed by atoms with E-state index in [1.807, 2.05) is 11.9 Å². The summed E-state index contributed by atoms with van der Waals surface area (Å²) in [6.07, 6.45) is 2.48. The summed E-state index contributed by atoms with van der Waals surface area (Å²) in [6.45, 7) is 4.19. The molecule has 0 saturated carbocycles. The van der Waals surface area contributed by atoms with Crippen molar-refractivity contribution in [1.82, 2.24) is 4.98 Å². The molecular formula is C12H19N3O2. The number of carbonyl (C=O) groups excluding carboxylic acids is 1. The second-order valence-electron chi connectivity index (χ2n) is 3.99. The van der Waals surface area contributed by atoms with Crippen LogP contribution in [-0.2, 0) is 4.74 Å². The predicted octanol–water partition coefficient (Wildman–Crippen LogP) is 1.69. The number of nitrogens with two attached hydrogens (primary N) is 1. The fraction of sp³-hybridized carbons (Fsp3) is 0.500. The number of ether oxygens (including phenoxy) is 1. The molecular weight excluding hydrogens is 218 g/mol. The lowest BCUT2D eigenvalue weighted by molar-refractivity contribution is 0.0602. The van der Waals surface area contributed by atoms with Gasteiger partial charge in [0.25, 0.3) is 0 Å². The lowest BCUT2D eigenvalue weighted by atomic mass is 10.2. The third kappa shape index (κ3) is 2.87. The van der Waals surface area contributed by atoms with Gasteiger partial charge in [0.15, 0.2) is 0 Å². The fourth-order valence-electron chi connectivity index (χ4n) is 1.43. The zero-order valence-electron chi connectivity index (χ0n) is 10.7. The second-order valence-corrected chi connectivity index (χ2v) is 3.99. The molecule has 1 unspecified atom stereocenters. The Morgan fingerprint density at radius 2 is 2.29 bits per heavy atom. The molecule has 17 heavy (non-hydrogen) atoms. The Labute approximate surface area is 102 Å². The quantitative estimate of drug-likeness (QED) is 0.807. The van der Waals surface area contributed by atoms with Gasteiger partial charge in [-0.3, -0.25) is 0 Å². The van der Waals surface area contributed by atoms with E-state index in [-0.39, 0.29) is 0 Å². The van der Waals surface area contributed by atoms with Crippen LogP contribution in [0.2, 0.25) is 0 Å². The van der Waals surface area contributed by atoms with Crippen LogP contribution in [-0.4, -0.2) is 31.2 Å². The summed E-state index contributed by atoms with van der Waals surface area (Å²) < 4.78 is 4.67. The second kappa shape index (κ2) is 5.52. The van der Waals surface area contributed by atoms with Crippen molar-refractivity contribution >= 4 is 17.5 Å². The third-order valence-corrected chi connectivity index (χ3v) is 2.94. The van der Waals surface area contributed by atoms with Crippen LogP contribution in [0, 0.1) is 0 Å². The Hall–Kier alpha value is -1.78. The monoisotopic (exact) mass is 237 g/mol. The molecule has 0 saturated heterocycles. The molecule has 0 aliphatic carbocycles. The number of rotatable bonds is 4. The number of pyridine rings is 1. The molecule has 94 valence electrons. The van der Waals surface area contributed by atoms with Gasteiger partial charge in [0.2, 0.25) is 0 Å². The first-order valence-electron chi connectivity index (χ1n) is 5.57. The first-order chi connectivity index (χ1) is 8.01. The fourth-order valence-corrected chi connectivity index (χ4v) is 1.43. The number of methoxy groups -OCH3 is 1. The van der Waals surface area contributed by atoms with Gasteiger partial charge in [-0.25, -0.2) is 9.78 Å². The summed E-state index contributed by atoms with van der Waals surface area (Å²) in [5, 5.41) is 0. The van der Waals surface area contributed by atoms with Gasteiger partial charge >= 0.3 is 5.97 Å². The van der Waals surface area contributed by atoms with Crippen molar-refractivity contribution in [3.8, 4) is 0 Å². The zero-order chi connectivity index (χ0) is 13.0. The Kier molecular flexibility index (Phi) is 4.31. The summed E-state index contributed by atoms with van der Waals surface area (Å²) >= 11 is 0. The lowest BCUT2D eigenvalue weighted by Crippen LogP contribution is -2.29. The Bertz CT molecular complexity index is 407. The van der Waals surface area contributed by atoms with Crippen LogP contribution < -0.4 is 10.6 Å². The van der Waals surface area contributed by atoms with E-state index in [9.17, 15) is 4.79 Å². The molecule has 0 aromatic carbocycles. The van der Waals surface area contributed by atoms with Gasteiger partial charge < -0.3 is 15.4 Å². The van der Waals surface area contributed by atoms with Crippen LogP contribution in [0.3, 0.4) is 0 Å². The topological polar surface area (TPSA) is 68.5 Å². The SMILES string of the molecule is CCC(C)N(C)c1cc(C(=O)OC)c(N)cn1. The number of carbonyl (C=O) groups is 1. The van der Waals surface area contributed by atoms with Gasteiger partial charge in [-0.05, 0) is 19.4 Å². The Morgan fingerprint density at radius 1 is 1.65 bits per heavy atom. The van der Waals surface area contributed by atoms with Crippen molar-refractivity contribution < 1.29 is 9.53 Å². The van der Waals surface area contributed by atoms with Gasteiger partial charge in [0.1, 0.15) is 5.82 Å². The van der Waals surface area contributed by atoms with E-state index in [1.54, 1.807) is 6.07 Å². The molecule has 1 rings (SSSR count). The number of nitrogen functional groups attached to an aromatic ring is 1. The maximum absolute atomic E-state index is 11.5. The van der Waals surface area contributed by atoms with Crippen molar-refractivity contribution in [1.29, 1.82) is 0 Å². The highest BCUT2D eigenvalue weighted by molar-refractivity contribution is 5.95. The average molecular weight is 237 g/mol. The minimum atomic E-state index is -0.441. The van der Waals surface area contributed by atoms with Crippen molar-refractivity contribution in [3.63, 3.8) is 0 Å². The standard InChI is InChI=1S/C12H19N3O2/c1-5-8(2)15(3)11-6-9(12(16)17-4)10(13)7-14-11/h6-8H,5,13H2,1-4H3. The summed E-state index contributed by atoms with van der Waals surface area (Å²) in [5.74, 6) is 0.276. The average Bonchev–Trinajstić information content (AvgIpc) is 2.36. The smallest absolute Gasteiger partial charge is 0.340 e. The van der Waals surface area contributed by atoms with E-state index < -0.39 is 5.97 Å². The molecule has 1 heterocycles. The molecule has 5 heteroatoms. The molecule has 1 atom stereocenters. The highest BCUT2D eigenvalue weighted by atomic mass is 16.5. The highest BCUT2D eigenvalue weighted by Crippen LogP contribution is 2.20. The van der Waals surface area contributed by atoms with Gasteiger partial charge in [-0.1, -0.05) is 6.92 Å². The Balaban J connectivity index is 3.08. The number of hydrogen-bond acceptors (Lipinski definition) is 5. The highest BCUT2D eigenvalue weighted by Gasteiger charge is 2.15. The first-order valence-corrected chi connectivity index (χ1v) is 5.57. The largest absolute Gasteiger partial charge is 0.465 e. The van der Waals surface area contributed by atoms with E-state index >= 15 is 0 Å². The molecule has 0 fully saturated rings. The van der Waals surface area contributed by atoms with Crippen LogP contribution in [0.15, 0.2) is 12.3 Å². The number of aromatic nitrogens is 1. The van der Waals surface area contributed by atoms with Crippen LogP contribution in [0.25, 0.3) is 0 Å². The lowest BCUT2D eigenvalue weighted by Gasteiger charge is -2.25. The number of hydrogen-bond donors (Lipinski definition) is 1. The first kappa shape index (κ1) is 13.3. The van der Waals surface area contributed by atoms with E-state index in [1.165, 1.54) is 13.3 Å². The summed E-state index contributed by atoms with van der Waals surface area (Å²) in [7, 11) is 3.27. The maximum Gasteiger partial charge on any atom is 0.340 e. The van der Waals surface area contributed by atoms with Gasteiger partial charge in [-0.2, -0.15) is 0 Å². The van der Waals surface area contributed by atoms with Gasteiger partial charge in [0.05, 0.1) is 24.6 Å². The molecule has 0 bridgehead atoms. The van der Waals surface area contributed by atoms with Crippen molar-refractivity contribution in [2.75, 3.05) is 24.8 Å². The van der Waals surface area contributed by atoms with Crippen LogP contribution in [0.1, 0.15) is 30.6 Å². The van der Waals surface area contributed by atoms with E-state index in [4.69, 9.17) is 5.73 Å². The van der Waals surface area contributed by atoms with Crippen LogP contribution in [0.5, 0.6) is 0 Å². The number of nitrogens with zero attached hydrogens (tertiary/aromatic N) is 2. The molecule has 0 aliphatic rings. The minimum absolute atomic E-state index is 0.332. The van der Waals surface area contributed by atoms with Crippen LogP contribution >= 0.6 is 0 Å². The van der Waals surface area contributed by atoms with Crippen LogP contribution in [0.4, 0.5) is 11.5 Å². The molecule has 0 spiro atoms. The zero-order valence-corrected chi connectivity index (χ0v) is 10.7. The Morgan fingerprint density at radius 3 is 2.82 bits per heavy atom. The summed E-state index contributed by atoms with van der Waals surface area (Å²) in [5.41, 5.74) is 6.38. The minimum Gasteiger partial charge on any atom is -0.465 e. The van der Waals surface area contributed by atoms with E-state index in [2.05, 4.69) is 23.6 Å².